The molecule has 2 heterocycles. The Morgan fingerprint density at radius 2 is 2.08 bits per heavy atom. The highest BCUT2D eigenvalue weighted by Gasteiger charge is 2.19. The molecule has 1 aromatic heterocycles. The Bertz CT molecular complexity index is 609. The fraction of sp³-hybridized carbons (Fsp3) is 0.650. The van der Waals surface area contributed by atoms with Crippen LogP contribution in [0.25, 0.3) is 6.08 Å². The summed E-state index contributed by atoms with van der Waals surface area (Å²) in [4.78, 5) is 12.1. The molecule has 1 aromatic rings. The van der Waals surface area contributed by atoms with Gasteiger partial charge in [-0.15, -0.1) is 0 Å². The summed E-state index contributed by atoms with van der Waals surface area (Å²) in [6.07, 6.45) is 10.0. The van der Waals surface area contributed by atoms with Crippen molar-refractivity contribution in [3.63, 3.8) is 0 Å². The van der Waals surface area contributed by atoms with Crippen molar-refractivity contribution in [2.75, 3.05) is 26.4 Å². The van der Waals surface area contributed by atoms with Gasteiger partial charge in [0.2, 0.25) is 5.91 Å². The molecule has 0 aromatic carbocycles. The summed E-state index contributed by atoms with van der Waals surface area (Å²) >= 11 is 0. The van der Waals surface area contributed by atoms with E-state index in [9.17, 15) is 4.79 Å². The highest BCUT2D eigenvalue weighted by molar-refractivity contribution is 5.91. The Hall–Kier alpha value is -1.59. The van der Waals surface area contributed by atoms with Gasteiger partial charge in [0.25, 0.3) is 0 Å². The van der Waals surface area contributed by atoms with Gasteiger partial charge in [0, 0.05) is 30.1 Å². The first-order valence-electron chi connectivity index (χ1n) is 9.49. The summed E-state index contributed by atoms with van der Waals surface area (Å²) in [6, 6.07) is 2.80. The van der Waals surface area contributed by atoms with Crippen LogP contribution in [0.5, 0.6) is 0 Å². The fourth-order valence-electron chi connectivity index (χ4n) is 3.97. The molecular formula is C20H30N2O3. The number of nitrogens with zero attached hydrogens (tertiary/aromatic N) is 1. The van der Waals surface area contributed by atoms with E-state index in [2.05, 4.69) is 29.8 Å². The average Bonchev–Trinajstić information content (AvgIpc) is 2.93. The lowest BCUT2D eigenvalue weighted by Crippen LogP contribution is -2.39. The number of carbonyl (C=O) groups is 1. The zero-order valence-corrected chi connectivity index (χ0v) is 15.4. The lowest BCUT2D eigenvalue weighted by Gasteiger charge is -2.26. The largest absolute Gasteiger partial charge is 0.376 e. The average molecular weight is 346 g/mol. The maximum atomic E-state index is 12.1. The van der Waals surface area contributed by atoms with E-state index < -0.39 is 0 Å². The van der Waals surface area contributed by atoms with Gasteiger partial charge in [0.1, 0.15) is 0 Å². The first kappa shape index (κ1) is 18.2. The van der Waals surface area contributed by atoms with Crippen molar-refractivity contribution < 1.29 is 14.3 Å². The molecule has 1 aliphatic carbocycles. The number of hydrogen-bond donors (Lipinski definition) is 1. The first-order valence-corrected chi connectivity index (χ1v) is 9.49. The van der Waals surface area contributed by atoms with Crippen molar-refractivity contribution in [2.24, 2.45) is 0 Å². The molecule has 1 saturated heterocycles. The SMILES string of the molecule is Cc1cc(/C=C/C(=O)NCC2COCCO2)c(C)n1C1CCCCC1. The Morgan fingerprint density at radius 3 is 2.80 bits per heavy atom. The molecule has 25 heavy (non-hydrogen) atoms. The van der Waals surface area contributed by atoms with Gasteiger partial charge in [0.15, 0.2) is 0 Å². The van der Waals surface area contributed by atoms with Gasteiger partial charge in [0.05, 0.1) is 25.9 Å². The number of hydrogen-bond acceptors (Lipinski definition) is 3. The Labute approximate surface area is 150 Å². The monoisotopic (exact) mass is 346 g/mol. The molecule has 1 N–H and O–H groups in total. The van der Waals surface area contributed by atoms with Crippen LogP contribution >= 0.6 is 0 Å². The van der Waals surface area contributed by atoms with Gasteiger partial charge in [-0.2, -0.15) is 0 Å². The smallest absolute Gasteiger partial charge is 0.244 e. The standard InChI is InChI=1S/C20H30N2O3/c1-15-12-17(16(2)22(15)18-6-4-3-5-7-18)8-9-20(23)21-13-19-14-24-10-11-25-19/h8-9,12,18-19H,3-7,10-11,13-14H2,1-2H3,(H,21,23)/b9-8+. The molecule has 1 amide bonds. The molecule has 5 nitrogen and oxygen atoms in total. The number of rotatable bonds is 5. The fourth-order valence-corrected chi connectivity index (χ4v) is 3.97. The van der Waals surface area contributed by atoms with Gasteiger partial charge >= 0.3 is 0 Å². The zero-order chi connectivity index (χ0) is 17.6. The highest BCUT2D eigenvalue weighted by atomic mass is 16.6. The quantitative estimate of drug-likeness (QED) is 0.833. The molecule has 0 spiro atoms. The van der Waals surface area contributed by atoms with Crippen LogP contribution in [0, 0.1) is 13.8 Å². The van der Waals surface area contributed by atoms with Crippen molar-refractivity contribution in [2.45, 2.75) is 58.1 Å². The van der Waals surface area contributed by atoms with E-state index in [4.69, 9.17) is 9.47 Å². The van der Waals surface area contributed by atoms with E-state index in [-0.39, 0.29) is 12.0 Å². The lowest BCUT2D eigenvalue weighted by molar-refractivity contribution is -0.119. The molecule has 5 heteroatoms. The number of aryl methyl sites for hydroxylation is 1. The summed E-state index contributed by atoms with van der Waals surface area (Å²) in [5.74, 6) is -0.0864. The van der Waals surface area contributed by atoms with Crippen LogP contribution in [0.4, 0.5) is 0 Å². The summed E-state index contributed by atoms with van der Waals surface area (Å²) < 4.78 is 13.3. The second-order valence-electron chi connectivity index (χ2n) is 7.13. The highest BCUT2D eigenvalue weighted by Crippen LogP contribution is 2.32. The van der Waals surface area contributed by atoms with Crippen molar-refractivity contribution in [1.82, 2.24) is 9.88 Å². The minimum absolute atomic E-state index is 0.0394. The summed E-state index contributed by atoms with van der Waals surface area (Å²) in [7, 11) is 0. The normalized spacial score (nSPS) is 22.4. The van der Waals surface area contributed by atoms with Gasteiger partial charge in [-0.25, -0.2) is 0 Å². The zero-order valence-electron chi connectivity index (χ0n) is 15.4. The number of amides is 1. The maximum Gasteiger partial charge on any atom is 0.244 e. The van der Waals surface area contributed by atoms with Crippen LogP contribution in [0.3, 0.4) is 0 Å². The van der Waals surface area contributed by atoms with Crippen LogP contribution in [-0.4, -0.2) is 42.9 Å². The molecule has 0 bridgehead atoms. The van der Waals surface area contributed by atoms with E-state index in [1.165, 1.54) is 43.5 Å². The van der Waals surface area contributed by atoms with Crippen molar-refractivity contribution in [3.8, 4) is 0 Å². The number of ether oxygens (including phenoxy) is 2. The second-order valence-corrected chi connectivity index (χ2v) is 7.13. The van der Waals surface area contributed by atoms with Gasteiger partial charge in [-0.1, -0.05) is 19.3 Å². The van der Waals surface area contributed by atoms with Gasteiger partial charge in [-0.05, 0) is 44.4 Å². The van der Waals surface area contributed by atoms with Crippen LogP contribution < -0.4 is 5.32 Å². The van der Waals surface area contributed by atoms with Crippen LogP contribution in [0.15, 0.2) is 12.1 Å². The third-order valence-electron chi connectivity index (χ3n) is 5.27. The van der Waals surface area contributed by atoms with E-state index in [1.54, 1.807) is 6.08 Å². The second kappa shape index (κ2) is 8.68. The number of carbonyl (C=O) groups excluding carboxylic acids is 1. The Morgan fingerprint density at radius 1 is 1.28 bits per heavy atom. The maximum absolute atomic E-state index is 12.1. The topological polar surface area (TPSA) is 52.5 Å². The van der Waals surface area contributed by atoms with Crippen molar-refractivity contribution in [1.29, 1.82) is 0 Å². The Balaban J connectivity index is 1.58. The summed E-state index contributed by atoms with van der Waals surface area (Å²) in [5.41, 5.74) is 3.69. The van der Waals surface area contributed by atoms with Crippen LogP contribution in [0.2, 0.25) is 0 Å². The molecule has 138 valence electrons. The molecule has 1 unspecified atom stereocenters. The van der Waals surface area contributed by atoms with Crippen LogP contribution in [0.1, 0.15) is 55.1 Å². The van der Waals surface area contributed by atoms with Gasteiger partial charge in [-0.3, -0.25) is 4.79 Å². The third kappa shape index (κ3) is 4.73. The molecule has 3 rings (SSSR count). The molecule has 2 fully saturated rings. The molecular weight excluding hydrogens is 316 g/mol. The third-order valence-corrected chi connectivity index (χ3v) is 5.27. The number of nitrogens with one attached hydrogen (secondary N) is 1. The van der Waals surface area contributed by atoms with E-state index >= 15 is 0 Å². The van der Waals surface area contributed by atoms with Crippen molar-refractivity contribution in [3.05, 3.63) is 29.1 Å². The molecule has 1 atom stereocenters. The molecule has 1 saturated carbocycles. The summed E-state index contributed by atoms with van der Waals surface area (Å²) in [5, 5.41) is 2.89. The number of aromatic nitrogens is 1. The molecule has 1 aliphatic heterocycles. The van der Waals surface area contributed by atoms with Crippen LogP contribution in [-0.2, 0) is 14.3 Å². The minimum Gasteiger partial charge on any atom is -0.376 e. The predicted octanol–water partition coefficient (Wildman–Crippen LogP) is 3.15. The van der Waals surface area contributed by atoms with Gasteiger partial charge < -0.3 is 19.4 Å². The molecule has 0 radical (unpaired) electrons. The van der Waals surface area contributed by atoms with Crippen molar-refractivity contribution >= 4 is 12.0 Å². The Kier molecular flexibility index (Phi) is 6.32. The minimum atomic E-state index is -0.0864. The van der Waals surface area contributed by atoms with E-state index in [0.717, 1.165) is 5.56 Å². The van der Waals surface area contributed by atoms with E-state index in [1.807, 2.05) is 6.08 Å². The lowest BCUT2D eigenvalue weighted by atomic mass is 9.95. The summed E-state index contributed by atoms with van der Waals surface area (Å²) in [6.45, 7) is 6.60. The molecule has 2 aliphatic rings. The van der Waals surface area contributed by atoms with E-state index in [0.29, 0.717) is 32.4 Å². The predicted molar refractivity (Wildman–Crippen MR) is 98.6 cm³/mol. The first-order chi connectivity index (χ1) is 12.1.